The fraction of sp³-hybridized carbons (Fsp3) is 0.786. The van der Waals surface area contributed by atoms with E-state index >= 15 is 0 Å². The third-order valence-electron chi connectivity index (χ3n) is 3.05. The molecule has 0 aliphatic rings. The van der Waals surface area contributed by atoms with Gasteiger partial charge in [-0.25, -0.2) is 4.99 Å². The number of rotatable bonds is 3. The number of hydrogen-bond acceptors (Lipinski definition) is 1. The van der Waals surface area contributed by atoms with Crippen LogP contribution in [0, 0.1) is 0 Å². The Hall–Kier alpha value is -0.990. The zero-order chi connectivity index (χ0) is 13.3. The molecule has 3 nitrogen and oxygen atoms in total. The van der Waals surface area contributed by atoms with Crippen LogP contribution in [0.25, 0.3) is 0 Å². The fourth-order valence-corrected chi connectivity index (χ4v) is 2.55. The van der Waals surface area contributed by atoms with Gasteiger partial charge in [-0.1, -0.05) is 27.7 Å². The van der Waals surface area contributed by atoms with Gasteiger partial charge in [0, 0.05) is 31.5 Å². The summed E-state index contributed by atoms with van der Waals surface area (Å²) in [4.78, 5) is 4.73. The molecule has 98 valence electrons. The first-order valence-corrected chi connectivity index (χ1v) is 6.56. The Kier molecular flexibility index (Phi) is 4.23. The van der Waals surface area contributed by atoms with Gasteiger partial charge < -0.3 is 9.13 Å². The van der Waals surface area contributed by atoms with Gasteiger partial charge in [0.2, 0.25) is 5.62 Å². The highest BCUT2D eigenvalue weighted by Crippen LogP contribution is 2.24. The molecule has 0 radical (unpaired) electrons. The molecule has 1 rings (SSSR count). The van der Waals surface area contributed by atoms with E-state index in [1.807, 2.05) is 0 Å². The zero-order valence-corrected chi connectivity index (χ0v) is 12.6. The number of imidazole rings is 1. The molecule has 0 aromatic carbocycles. The minimum Gasteiger partial charge on any atom is -0.317 e. The number of aromatic nitrogens is 2. The van der Waals surface area contributed by atoms with Crippen molar-refractivity contribution in [2.75, 3.05) is 0 Å². The van der Waals surface area contributed by atoms with Crippen molar-refractivity contribution in [3.8, 4) is 0 Å². The minimum atomic E-state index is 0.329. The second kappa shape index (κ2) is 5.11. The zero-order valence-electron chi connectivity index (χ0n) is 12.6. The van der Waals surface area contributed by atoms with Gasteiger partial charge in [-0.05, 0) is 25.7 Å². The van der Waals surface area contributed by atoms with Crippen molar-refractivity contribution in [3.63, 3.8) is 0 Å². The van der Waals surface area contributed by atoms with Gasteiger partial charge in [-0.3, -0.25) is 0 Å². The van der Waals surface area contributed by atoms with E-state index in [4.69, 9.17) is 4.99 Å². The normalized spacial score (nSPS) is 11.9. The molecule has 0 saturated heterocycles. The molecule has 0 saturated carbocycles. The van der Waals surface area contributed by atoms with Crippen LogP contribution in [0.5, 0.6) is 0 Å². The quantitative estimate of drug-likeness (QED) is 0.771. The fourth-order valence-electron chi connectivity index (χ4n) is 2.55. The summed E-state index contributed by atoms with van der Waals surface area (Å²) in [5.74, 6) is 1.06. The van der Waals surface area contributed by atoms with Gasteiger partial charge >= 0.3 is 0 Å². The SMILES string of the molecule is CC(C)N=c1n(C)c(C(C)C)c(C(C)C)n1C. The minimum absolute atomic E-state index is 0.329. The summed E-state index contributed by atoms with van der Waals surface area (Å²) < 4.78 is 4.50. The van der Waals surface area contributed by atoms with Crippen LogP contribution in [-0.4, -0.2) is 15.2 Å². The molecule has 3 heteroatoms. The maximum Gasteiger partial charge on any atom is 0.205 e. The number of nitrogens with zero attached hydrogens (tertiary/aromatic N) is 3. The van der Waals surface area contributed by atoms with Gasteiger partial charge in [-0.2, -0.15) is 0 Å². The van der Waals surface area contributed by atoms with Gasteiger partial charge in [0.25, 0.3) is 0 Å². The van der Waals surface area contributed by atoms with Crippen LogP contribution < -0.4 is 5.62 Å². The lowest BCUT2D eigenvalue weighted by molar-refractivity contribution is 0.649. The molecule has 0 fully saturated rings. The lowest BCUT2D eigenvalue weighted by Gasteiger charge is -2.13. The van der Waals surface area contributed by atoms with Crippen molar-refractivity contribution < 1.29 is 0 Å². The van der Waals surface area contributed by atoms with E-state index in [1.54, 1.807) is 0 Å². The van der Waals surface area contributed by atoms with Gasteiger partial charge in [0.1, 0.15) is 0 Å². The molecular formula is C14H27N3. The summed E-state index contributed by atoms with van der Waals surface area (Å²) in [6.45, 7) is 13.2. The van der Waals surface area contributed by atoms with E-state index in [2.05, 4.69) is 64.8 Å². The summed E-state index contributed by atoms with van der Waals surface area (Å²) in [6, 6.07) is 0.329. The molecule has 17 heavy (non-hydrogen) atoms. The second-order valence-corrected chi connectivity index (χ2v) is 5.72. The highest BCUT2D eigenvalue weighted by atomic mass is 15.2. The van der Waals surface area contributed by atoms with E-state index in [0.29, 0.717) is 17.9 Å². The summed E-state index contributed by atoms with van der Waals surface area (Å²) in [5.41, 5.74) is 3.89. The Morgan fingerprint density at radius 1 is 0.765 bits per heavy atom. The van der Waals surface area contributed by atoms with Crippen LogP contribution >= 0.6 is 0 Å². The summed E-state index contributed by atoms with van der Waals surface area (Å²) >= 11 is 0. The number of hydrogen-bond donors (Lipinski definition) is 0. The van der Waals surface area contributed by atoms with Crippen LogP contribution in [0.1, 0.15) is 64.8 Å². The Morgan fingerprint density at radius 2 is 1.12 bits per heavy atom. The third kappa shape index (κ3) is 2.64. The van der Waals surface area contributed by atoms with E-state index in [0.717, 1.165) is 5.62 Å². The van der Waals surface area contributed by atoms with E-state index in [1.165, 1.54) is 11.4 Å². The van der Waals surface area contributed by atoms with E-state index in [-0.39, 0.29) is 0 Å². The molecule has 0 spiro atoms. The van der Waals surface area contributed by atoms with Crippen LogP contribution in [-0.2, 0) is 14.1 Å². The summed E-state index contributed by atoms with van der Waals surface area (Å²) in [7, 11) is 4.25. The molecule has 0 bridgehead atoms. The standard InChI is InChI=1S/C14H27N3/c1-9(2)12-13(10(3)4)17(8)14(16(12)7)15-11(5)6/h9-11H,1-8H3. The van der Waals surface area contributed by atoms with Crippen LogP contribution in [0.2, 0.25) is 0 Å². The first-order chi connectivity index (χ1) is 7.77. The van der Waals surface area contributed by atoms with Crippen molar-refractivity contribution in [3.05, 3.63) is 17.0 Å². The summed E-state index contributed by atoms with van der Waals surface area (Å²) in [5, 5.41) is 0. The van der Waals surface area contributed by atoms with Crippen LogP contribution in [0.4, 0.5) is 0 Å². The van der Waals surface area contributed by atoms with E-state index in [9.17, 15) is 0 Å². The largest absolute Gasteiger partial charge is 0.317 e. The molecule has 0 N–H and O–H groups in total. The lowest BCUT2D eigenvalue weighted by atomic mass is 10.0. The summed E-state index contributed by atoms with van der Waals surface area (Å²) in [6.07, 6.45) is 0. The smallest absolute Gasteiger partial charge is 0.205 e. The average Bonchev–Trinajstić information content (AvgIpc) is 2.41. The van der Waals surface area contributed by atoms with Crippen molar-refractivity contribution in [2.24, 2.45) is 19.1 Å². The Labute approximate surface area is 105 Å². The highest BCUT2D eigenvalue weighted by Gasteiger charge is 2.19. The van der Waals surface area contributed by atoms with Crippen LogP contribution in [0.15, 0.2) is 4.99 Å². The highest BCUT2D eigenvalue weighted by molar-refractivity contribution is 5.21. The molecular weight excluding hydrogens is 210 g/mol. The predicted molar refractivity (Wildman–Crippen MR) is 73.3 cm³/mol. The average molecular weight is 237 g/mol. The third-order valence-corrected chi connectivity index (χ3v) is 3.05. The molecule has 0 aliphatic heterocycles. The van der Waals surface area contributed by atoms with Crippen LogP contribution in [0.3, 0.4) is 0 Å². The molecule has 1 aromatic heterocycles. The van der Waals surface area contributed by atoms with Crippen molar-refractivity contribution in [2.45, 2.75) is 59.4 Å². The molecule has 0 aliphatic carbocycles. The van der Waals surface area contributed by atoms with Gasteiger partial charge in [-0.15, -0.1) is 0 Å². The Balaban J connectivity index is 3.62. The molecule has 1 aromatic rings. The van der Waals surface area contributed by atoms with Crippen molar-refractivity contribution in [1.82, 2.24) is 9.13 Å². The van der Waals surface area contributed by atoms with Gasteiger partial charge in [0.05, 0.1) is 0 Å². The predicted octanol–water partition coefficient (Wildman–Crippen LogP) is 2.92. The maximum atomic E-state index is 4.73. The van der Waals surface area contributed by atoms with Crippen molar-refractivity contribution in [1.29, 1.82) is 0 Å². The van der Waals surface area contributed by atoms with Crippen molar-refractivity contribution >= 4 is 0 Å². The topological polar surface area (TPSA) is 22.2 Å². The Bertz CT molecular complexity index is 410. The first kappa shape index (κ1) is 14.1. The Morgan fingerprint density at radius 3 is 1.35 bits per heavy atom. The second-order valence-electron chi connectivity index (χ2n) is 5.72. The first-order valence-electron chi connectivity index (χ1n) is 6.56. The maximum absolute atomic E-state index is 4.73. The molecule has 0 amide bonds. The lowest BCUT2D eigenvalue weighted by Crippen LogP contribution is -2.25. The molecule has 0 atom stereocenters. The molecule has 1 heterocycles. The molecule has 0 unspecified atom stereocenters. The van der Waals surface area contributed by atoms with E-state index < -0.39 is 0 Å². The van der Waals surface area contributed by atoms with Gasteiger partial charge in [0.15, 0.2) is 0 Å². The monoisotopic (exact) mass is 237 g/mol.